The van der Waals surface area contributed by atoms with Gasteiger partial charge >= 0.3 is 5.97 Å². The molecule has 0 spiro atoms. The van der Waals surface area contributed by atoms with E-state index in [-0.39, 0.29) is 5.92 Å². The summed E-state index contributed by atoms with van der Waals surface area (Å²) in [5.41, 5.74) is 0.332. The first-order chi connectivity index (χ1) is 8.33. The molecule has 0 saturated heterocycles. The zero-order valence-corrected chi connectivity index (χ0v) is 12.3. The van der Waals surface area contributed by atoms with Crippen LogP contribution in [0.4, 0.5) is 0 Å². The molecule has 0 atom stereocenters. The van der Waals surface area contributed by atoms with Crippen LogP contribution in [0.2, 0.25) is 0 Å². The summed E-state index contributed by atoms with van der Waals surface area (Å²) in [5, 5.41) is 12.5. The number of carboxylic acid groups (broad SMARTS) is 1. The Labute approximate surface area is 111 Å². The lowest BCUT2D eigenvalue weighted by Crippen LogP contribution is -2.37. The van der Waals surface area contributed by atoms with Crippen molar-refractivity contribution in [3.8, 4) is 0 Å². The lowest BCUT2D eigenvalue weighted by Gasteiger charge is -2.32. The fourth-order valence-corrected chi connectivity index (χ4v) is 2.42. The molecule has 2 N–H and O–H groups in total. The molecule has 0 aromatic heterocycles. The van der Waals surface area contributed by atoms with E-state index in [0.717, 1.165) is 38.8 Å². The van der Waals surface area contributed by atoms with E-state index in [1.807, 2.05) is 0 Å². The zero-order valence-electron chi connectivity index (χ0n) is 12.3. The molecule has 0 aromatic rings. The van der Waals surface area contributed by atoms with Crippen LogP contribution in [-0.2, 0) is 4.79 Å². The van der Waals surface area contributed by atoms with Gasteiger partial charge in [0.1, 0.15) is 0 Å². The lowest BCUT2D eigenvalue weighted by molar-refractivity contribution is -0.143. The molecule has 0 heterocycles. The van der Waals surface area contributed by atoms with Crippen LogP contribution in [-0.4, -0.2) is 24.2 Å². The van der Waals surface area contributed by atoms with Crippen molar-refractivity contribution in [1.82, 2.24) is 5.32 Å². The van der Waals surface area contributed by atoms with Crippen LogP contribution in [0.3, 0.4) is 0 Å². The van der Waals surface area contributed by atoms with Gasteiger partial charge in [-0.15, -0.1) is 0 Å². The third kappa shape index (κ3) is 4.60. The molecule has 106 valence electrons. The average molecular weight is 255 g/mol. The first-order valence-electron chi connectivity index (χ1n) is 7.26. The summed E-state index contributed by atoms with van der Waals surface area (Å²) in [7, 11) is 0. The number of carboxylic acids is 1. The minimum absolute atomic E-state index is 0.0895. The highest BCUT2D eigenvalue weighted by Gasteiger charge is 2.26. The summed E-state index contributed by atoms with van der Waals surface area (Å²) in [4.78, 5) is 10.9. The smallest absolute Gasteiger partial charge is 0.306 e. The molecule has 18 heavy (non-hydrogen) atoms. The van der Waals surface area contributed by atoms with Gasteiger partial charge in [-0.2, -0.15) is 0 Å². The standard InChI is InChI=1S/C15H29NO2/c1-11(2)15(3,4)10-16-9-12-5-7-13(8-6-12)14(17)18/h11-13,16H,5-10H2,1-4H3,(H,17,18). The Morgan fingerprint density at radius 2 is 1.83 bits per heavy atom. The quantitative estimate of drug-likeness (QED) is 0.766. The van der Waals surface area contributed by atoms with E-state index in [1.54, 1.807) is 0 Å². The highest BCUT2D eigenvalue weighted by molar-refractivity contribution is 5.69. The third-order valence-electron chi connectivity index (χ3n) is 4.77. The molecular weight excluding hydrogens is 226 g/mol. The predicted molar refractivity (Wildman–Crippen MR) is 74.6 cm³/mol. The van der Waals surface area contributed by atoms with Gasteiger partial charge < -0.3 is 10.4 Å². The fourth-order valence-electron chi connectivity index (χ4n) is 2.42. The van der Waals surface area contributed by atoms with Crippen LogP contribution < -0.4 is 5.32 Å². The minimum atomic E-state index is -0.609. The number of hydrogen-bond donors (Lipinski definition) is 2. The Kier molecular flexibility index (Phi) is 5.64. The van der Waals surface area contributed by atoms with Gasteiger partial charge in [0.25, 0.3) is 0 Å². The second-order valence-electron chi connectivity index (χ2n) is 6.83. The molecule has 1 fully saturated rings. The fraction of sp³-hybridized carbons (Fsp3) is 0.933. The van der Waals surface area contributed by atoms with E-state index in [4.69, 9.17) is 5.11 Å². The average Bonchev–Trinajstić information content (AvgIpc) is 2.29. The maximum Gasteiger partial charge on any atom is 0.306 e. The van der Waals surface area contributed by atoms with Crippen LogP contribution >= 0.6 is 0 Å². The molecule has 0 aliphatic heterocycles. The Bertz CT molecular complexity index is 266. The minimum Gasteiger partial charge on any atom is -0.481 e. The number of rotatable bonds is 6. The number of nitrogens with one attached hydrogen (secondary N) is 1. The van der Waals surface area contributed by atoms with E-state index in [9.17, 15) is 4.79 Å². The second kappa shape index (κ2) is 6.55. The lowest BCUT2D eigenvalue weighted by atomic mass is 9.80. The molecule has 0 amide bonds. The number of carbonyl (C=O) groups is 1. The topological polar surface area (TPSA) is 49.3 Å². The molecule has 0 unspecified atom stereocenters. The Morgan fingerprint density at radius 1 is 1.28 bits per heavy atom. The van der Waals surface area contributed by atoms with Gasteiger partial charge in [-0.3, -0.25) is 4.79 Å². The van der Waals surface area contributed by atoms with Crippen LogP contribution in [0, 0.1) is 23.2 Å². The SMILES string of the molecule is CC(C)C(C)(C)CNCC1CCC(C(=O)O)CC1. The van der Waals surface area contributed by atoms with E-state index in [1.165, 1.54) is 0 Å². The third-order valence-corrected chi connectivity index (χ3v) is 4.77. The molecular formula is C15H29NO2. The van der Waals surface area contributed by atoms with Gasteiger partial charge in [0, 0.05) is 6.54 Å². The normalized spacial score (nSPS) is 25.4. The Morgan fingerprint density at radius 3 is 2.28 bits per heavy atom. The van der Waals surface area contributed by atoms with Gasteiger partial charge in [0.2, 0.25) is 0 Å². The maximum absolute atomic E-state index is 10.9. The van der Waals surface area contributed by atoms with Crippen molar-refractivity contribution >= 4 is 5.97 Å². The van der Waals surface area contributed by atoms with Crippen LogP contribution in [0.1, 0.15) is 53.4 Å². The highest BCUT2D eigenvalue weighted by atomic mass is 16.4. The molecule has 1 saturated carbocycles. The van der Waals surface area contributed by atoms with Crippen molar-refractivity contribution in [2.75, 3.05) is 13.1 Å². The van der Waals surface area contributed by atoms with Crippen molar-refractivity contribution in [2.24, 2.45) is 23.2 Å². The number of hydrogen-bond acceptors (Lipinski definition) is 2. The van der Waals surface area contributed by atoms with Crippen molar-refractivity contribution in [3.63, 3.8) is 0 Å². The largest absolute Gasteiger partial charge is 0.481 e. The molecule has 3 nitrogen and oxygen atoms in total. The van der Waals surface area contributed by atoms with Crippen LogP contribution in [0.15, 0.2) is 0 Å². The molecule has 0 bridgehead atoms. The Balaban J connectivity index is 2.21. The van der Waals surface area contributed by atoms with Gasteiger partial charge in [0.15, 0.2) is 0 Å². The van der Waals surface area contributed by atoms with Gasteiger partial charge in [-0.05, 0) is 49.5 Å². The molecule has 0 radical (unpaired) electrons. The van der Waals surface area contributed by atoms with Crippen molar-refractivity contribution in [2.45, 2.75) is 53.4 Å². The summed E-state index contributed by atoms with van der Waals surface area (Å²) >= 11 is 0. The summed E-state index contributed by atoms with van der Waals surface area (Å²) in [5.74, 6) is 0.645. The van der Waals surface area contributed by atoms with Crippen molar-refractivity contribution in [3.05, 3.63) is 0 Å². The first kappa shape index (κ1) is 15.5. The summed E-state index contributed by atoms with van der Waals surface area (Å²) < 4.78 is 0. The molecule has 0 aromatic carbocycles. The highest BCUT2D eigenvalue weighted by Crippen LogP contribution is 2.29. The van der Waals surface area contributed by atoms with E-state index in [2.05, 4.69) is 33.0 Å². The molecule has 3 heteroatoms. The van der Waals surface area contributed by atoms with Crippen molar-refractivity contribution < 1.29 is 9.90 Å². The molecule has 1 aliphatic carbocycles. The first-order valence-corrected chi connectivity index (χ1v) is 7.26. The Hall–Kier alpha value is -0.570. The van der Waals surface area contributed by atoms with Gasteiger partial charge in [0.05, 0.1) is 5.92 Å². The monoisotopic (exact) mass is 255 g/mol. The van der Waals surface area contributed by atoms with Crippen molar-refractivity contribution in [1.29, 1.82) is 0 Å². The molecule has 1 aliphatic rings. The van der Waals surface area contributed by atoms with Gasteiger partial charge in [-0.1, -0.05) is 27.7 Å². The van der Waals surface area contributed by atoms with E-state index < -0.39 is 5.97 Å². The number of aliphatic carboxylic acids is 1. The summed E-state index contributed by atoms with van der Waals surface area (Å²) in [6.45, 7) is 11.2. The van der Waals surface area contributed by atoms with E-state index in [0.29, 0.717) is 17.3 Å². The molecule has 1 rings (SSSR count). The van der Waals surface area contributed by atoms with Crippen LogP contribution in [0.5, 0.6) is 0 Å². The zero-order chi connectivity index (χ0) is 13.8. The predicted octanol–water partition coefficient (Wildman–Crippen LogP) is 3.15. The second-order valence-corrected chi connectivity index (χ2v) is 6.83. The van der Waals surface area contributed by atoms with Crippen LogP contribution in [0.25, 0.3) is 0 Å². The summed E-state index contributed by atoms with van der Waals surface area (Å²) in [6, 6.07) is 0. The van der Waals surface area contributed by atoms with E-state index >= 15 is 0 Å². The summed E-state index contributed by atoms with van der Waals surface area (Å²) in [6.07, 6.45) is 3.84. The maximum atomic E-state index is 10.9. The van der Waals surface area contributed by atoms with Gasteiger partial charge in [-0.25, -0.2) is 0 Å².